The van der Waals surface area contributed by atoms with Crippen LogP contribution in [-0.2, 0) is 14.8 Å². The zero-order chi connectivity index (χ0) is 24.0. The van der Waals surface area contributed by atoms with Gasteiger partial charge < -0.3 is 19.5 Å². The average molecular weight is 473 g/mol. The molecule has 176 valence electrons. The highest BCUT2D eigenvalue weighted by molar-refractivity contribution is 7.92. The Balaban J connectivity index is 1.67. The Labute approximate surface area is 194 Å². The summed E-state index contributed by atoms with van der Waals surface area (Å²) >= 11 is 0. The van der Waals surface area contributed by atoms with Crippen LogP contribution in [-0.4, -0.2) is 54.0 Å². The highest BCUT2D eigenvalue weighted by Crippen LogP contribution is 2.35. The van der Waals surface area contributed by atoms with E-state index in [4.69, 9.17) is 14.2 Å². The van der Waals surface area contributed by atoms with Crippen molar-refractivity contribution in [2.45, 2.75) is 13.0 Å². The summed E-state index contributed by atoms with van der Waals surface area (Å²) in [6.45, 7) is 1.96. The van der Waals surface area contributed by atoms with E-state index in [0.717, 1.165) is 21.3 Å². The van der Waals surface area contributed by atoms with Crippen LogP contribution in [0, 0.1) is 0 Å². The Hall–Kier alpha value is -3.46. The van der Waals surface area contributed by atoms with Crippen LogP contribution in [0.3, 0.4) is 0 Å². The number of carbonyl (C=O) groups is 1. The minimum atomic E-state index is -3.81. The molecule has 1 N–H and O–H groups in total. The summed E-state index contributed by atoms with van der Waals surface area (Å²) in [7, 11) is -0.903. The predicted molar refractivity (Wildman–Crippen MR) is 129 cm³/mol. The smallest absolute Gasteiger partial charge is 0.243 e. The average Bonchev–Trinajstić information content (AvgIpc) is 2.80. The third kappa shape index (κ3) is 5.87. The number of ether oxygens (including phenoxy) is 3. The quantitative estimate of drug-likeness (QED) is 0.456. The van der Waals surface area contributed by atoms with Gasteiger partial charge >= 0.3 is 0 Å². The molecule has 3 aromatic carbocycles. The zero-order valence-electron chi connectivity index (χ0n) is 19.1. The number of benzene rings is 3. The Morgan fingerprint density at radius 3 is 2.33 bits per heavy atom. The Morgan fingerprint density at radius 1 is 0.970 bits per heavy atom. The van der Waals surface area contributed by atoms with E-state index in [1.807, 2.05) is 42.5 Å². The molecule has 33 heavy (non-hydrogen) atoms. The summed E-state index contributed by atoms with van der Waals surface area (Å²) in [5.74, 6) is 0.971. The maximum atomic E-state index is 12.8. The second kappa shape index (κ2) is 10.4. The fourth-order valence-electron chi connectivity index (χ4n) is 3.50. The molecule has 0 unspecified atom stereocenters. The van der Waals surface area contributed by atoms with Crippen molar-refractivity contribution in [3.63, 3.8) is 0 Å². The minimum absolute atomic E-state index is 0.211. The van der Waals surface area contributed by atoms with Crippen LogP contribution in [0.25, 0.3) is 10.8 Å². The third-order valence-corrected chi connectivity index (χ3v) is 6.33. The van der Waals surface area contributed by atoms with E-state index in [9.17, 15) is 13.2 Å². The standard InChI is InChI=1S/C24H28N2O6S/c1-17(26(33(4,28)29)22-16-20(30-2)11-12-23(22)31-3)24(27)25-13-14-32-21-10-9-18-7-5-6-8-19(18)15-21/h5-12,15-17H,13-14H2,1-4H3,(H,25,27)/t17-/m1/s1. The van der Waals surface area contributed by atoms with Crippen molar-refractivity contribution in [2.24, 2.45) is 0 Å². The van der Waals surface area contributed by atoms with Gasteiger partial charge in [-0.25, -0.2) is 8.42 Å². The van der Waals surface area contributed by atoms with Gasteiger partial charge in [0, 0.05) is 6.07 Å². The lowest BCUT2D eigenvalue weighted by Crippen LogP contribution is -2.48. The van der Waals surface area contributed by atoms with Gasteiger partial charge in [0.05, 0.1) is 32.7 Å². The zero-order valence-corrected chi connectivity index (χ0v) is 19.9. The van der Waals surface area contributed by atoms with Gasteiger partial charge in [-0.3, -0.25) is 9.10 Å². The van der Waals surface area contributed by atoms with Gasteiger partial charge in [0.25, 0.3) is 0 Å². The number of hydrogen-bond donors (Lipinski definition) is 1. The van der Waals surface area contributed by atoms with Gasteiger partial charge in [-0.15, -0.1) is 0 Å². The second-order valence-electron chi connectivity index (χ2n) is 7.42. The lowest BCUT2D eigenvalue weighted by molar-refractivity contribution is -0.121. The molecule has 0 aliphatic carbocycles. The van der Waals surface area contributed by atoms with Crippen LogP contribution in [0.15, 0.2) is 60.7 Å². The van der Waals surface area contributed by atoms with Crippen molar-refractivity contribution in [3.05, 3.63) is 60.7 Å². The van der Waals surface area contributed by atoms with Gasteiger partial charge in [0.2, 0.25) is 15.9 Å². The number of methoxy groups -OCH3 is 2. The second-order valence-corrected chi connectivity index (χ2v) is 9.28. The molecule has 0 fully saturated rings. The highest BCUT2D eigenvalue weighted by Gasteiger charge is 2.31. The van der Waals surface area contributed by atoms with E-state index in [1.165, 1.54) is 27.2 Å². The van der Waals surface area contributed by atoms with E-state index in [2.05, 4.69) is 5.32 Å². The minimum Gasteiger partial charge on any atom is -0.497 e. The molecule has 3 rings (SSSR count). The number of hydrogen-bond acceptors (Lipinski definition) is 6. The molecular formula is C24H28N2O6S. The Morgan fingerprint density at radius 2 is 1.67 bits per heavy atom. The lowest BCUT2D eigenvalue weighted by Gasteiger charge is -2.29. The molecule has 0 aliphatic heterocycles. The van der Waals surface area contributed by atoms with Crippen LogP contribution in [0.1, 0.15) is 6.92 Å². The summed E-state index contributed by atoms with van der Waals surface area (Å²) in [6, 6.07) is 17.5. The molecule has 3 aromatic rings. The number of carbonyl (C=O) groups excluding carboxylic acids is 1. The fraction of sp³-hybridized carbons (Fsp3) is 0.292. The van der Waals surface area contributed by atoms with Crippen LogP contribution in [0.2, 0.25) is 0 Å². The van der Waals surface area contributed by atoms with Gasteiger partial charge in [-0.1, -0.05) is 30.3 Å². The van der Waals surface area contributed by atoms with Gasteiger partial charge in [0.15, 0.2) is 0 Å². The molecule has 0 bridgehead atoms. The number of rotatable bonds is 10. The van der Waals surface area contributed by atoms with Crippen molar-refractivity contribution in [1.82, 2.24) is 5.32 Å². The molecule has 0 aliphatic rings. The normalized spacial score (nSPS) is 12.1. The summed E-state index contributed by atoms with van der Waals surface area (Å²) in [5.41, 5.74) is 0.217. The van der Waals surface area contributed by atoms with Gasteiger partial charge in [-0.05, 0) is 42.0 Å². The fourth-order valence-corrected chi connectivity index (χ4v) is 4.67. The first-order valence-corrected chi connectivity index (χ1v) is 12.2. The maximum Gasteiger partial charge on any atom is 0.243 e. The van der Waals surface area contributed by atoms with Gasteiger partial charge in [-0.2, -0.15) is 0 Å². The van der Waals surface area contributed by atoms with Crippen LogP contribution >= 0.6 is 0 Å². The first kappa shape index (κ1) is 24.2. The first-order valence-electron chi connectivity index (χ1n) is 10.4. The van der Waals surface area contributed by atoms with E-state index in [0.29, 0.717) is 17.2 Å². The molecule has 0 saturated heterocycles. The number of nitrogens with zero attached hydrogens (tertiary/aromatic N) is 1. The maximum absolute atomic E-state index is 12.8. The van der Waals surface area contributed by atoms with Crippen LogP contribution < -0.4 is 23.8 Å². The summed E-state index contributed by atoms with van der Waals surface area (Å²) < 4.78 is 42.5. The molecule has 0 heterocycles. The number of amides is 1. The SMILES string of the molecule is COc1ccc(OC)c(N([C@H](C)C(=O)NCCOc2ccc3ccccc3c2)S(C)(=O)=O)c1. The highest BCUT2D eigenvalue weighted by atomic mass is 32.2. The lowest BCUT2D eigenvalue weighted by atomic mass is 10.1. The van der Waals surface area contributed by atoms with E-state index in [1.54, 1.807) is 12.1 Å². The summed E-state index contributed by atoms with van der Waals surface area (Å²) in [6.07, 6.45) is 1.04. The van der Waals surface area contributed by atoms with Gasteiger partial charge in [0.1, 0.15) is 29.9 Å². The Kier molecular flexibility index (Phi) is 7.65. The van der Waals surface area contributed by atoms with E-state index in [-0.39, 0.29) is 18.8 Å². The molecular weight excluding hydrogens is 444 g/mol. The topological polar surface area (TPSA) is 94.2 Å². The third-order valence-electron chi connectivity index (χ3n) is 5.10. The van der Waals surface area contributed by atoms with E-state index >= 15 is 0 Å². The monoisotopic (exact) mass is 472 g/mol. The number of fused-ring (bicyclic) bond motifs is 1. The van der Waals surface area contributed by atoms with E-state index < -0.39 is 22.0 Å². The largest absolute Gasteiger partial charge is 0.497 e. The molecule has 9 heteroatoms. The van der Waals surface area contributed by atoms with Crippen LogP contribution in [0.4, 0.5) is 5.69 Å². The number of nitrogens with one attached hydrogen (secondary N) is 1. The van der Waals surface area contributed by atoms with Crippen molar-refractivity contribution < 1.29 is 27.4 Å². The Bertz CT molecular complexity index is 1230. The molecule has 1 amide bonds. The summed E-state index contributed by atoms with van der Waals surface area (Å²) in [4.78, 5) is 12.8. The van der Waals surface area contributed by atoms with Crippen molar-refractivity contribution >= 4 is 32.4 Å². The predicted octanol–water partition coefficient (Wildman–Crippen LogP) is 3.21. The number of sulfonamides is 1. The van der Waals surface area contributed by atoms with Crippen LogP contribution in [0.5, 0.6) is 17.2 Å². The molecule has 0 radical (unpaired) electrons. The molecule has 1 atom stereocenters. The molecule has 0 saturated carbocycles. The molecule has 8 nitrogen and oxygen atoms in total. The molecule has 0 aromatic heterocycles. The molecule has 0 spiro atoms. The van der Waals surface area contributed by atoms with Crippen molar-refractivity contribution in [1.29, 1.82) is 0 Å². The van der Waals surface area contributed by atoms with Crippen molar-refractivity contribution in [3.8, 4) is 17.2 Å². The summed E-state index contributed by atoms with van der Waals surface area (Å²) in [5, 5.41) is 4.91. The van der Waals surface area contributed by atoms with Crippen molar-refractivity contribution in [2.75, 3.05) is 37.9 Å². The number of anilines is 1. The first-order chi connectivity index (χ1) is 15.7.